The maximum absolute atomic E-state index is 17.0. The van der Waals surface area contributed by atoms with Gasteiger partial charge in [-0.25, -0.2) is 8.78 Å². The van der Waals surface area contributed by atoms with Gasteiger partial charge in [-0.3, -0.25) is 14.7 Å². The van der Waals surface area contributed by atoms with Crippen molar-refractivity contribution in [3.05, 3.63) is 59.5 Å². The van der Waals surface area contributed by atoms with Crippen LogP contribution in [0.15, 0.2) is 41.1 Å². The number of terminal acetylenes is 1. The molecule has 5 fully saturated rings. The van der Waals surface area contributed by atoms with Crippen LogP contribution in [0.2, 0.25) is 0 Å². The highest BCUT2D eigenvalue weighted by Gasteiger charge is 2.38. The molecule has 15 heteroatoms. The second-order valence-corrected chi connectivity index (χ2v) is 19.2. The number of carbonyl (C=O) groups is 1. The normalized spacial score (nSPS) is 22.5. The topological polar surface area (TPSA) is 136 Å². The maximum Gasteiger partial charge on any atom is 0.319 e. The lowest BCUT2D eigenvalue weighted by molar-refractivity contribution is -0.134. The largest absolute Gasteiger partial charge is 0.508 e. The third-order valence-electron chi connectivity index (χ3n) is 14.5. The van der Waals surface area contributed by atoms with Gasteiger partial charge in [0.15, 0.2) is 17.4 Å². The van der Waals surface area contributed by atoms with Crippen molar-refractivity contribution in [2.45, 2.75) is 89.8 Å². The molecule has 1 amide bonds. The second kappa shape index (κ2) is 17.4. The van der Waals surface area contributed by atoms with Gasteiger partial charge in [-0.2, -0.15) is 9.97 Å². The molecule has 5 aromatic rings. The number of rotatable bonds is 12. The van der Waals surface area contributed by atoms with Crippen molar-refractivity contribution in [3.63, 3.8) is 0 Å². The third-order valence-corrected chi connectivity index (χ3v) is 14.5. The Morgan fingerprint density at radius 3 is 2.50 bits per heavy atom. The predicted octanol–water partition coefficient (Wildman–Crippen LogP) is 7.11. The molecule has 5 saturated heterocycles. The Kier molecular flexibility index (Phi) is 11.5. The predicted molar refractivity (Wildman–Crippen MR) is 241 cm³/mol. The van der Waals surface area contributed by atoms with Crippen LogP contribution in [0.1, 0.15) is 83.0 Å². The molecule has 13 nitrogen and oxygen atoms in total. The van der Waals surface area contributed by atoms with Crippen LogP contribution in [0.3, 0.4) is 0 Å². The first-order chi connectivity index (χ1) is 31.0. The zero-order valence-electron chi connectivity index (χ0n) is 36.9. The quantitative estimate of drug-likeness (QED) is 0.124. The number of amides is 1. The first-order valence-corrected chi connectivity index (χ1v) is 23.2. The Morgan fingerprint density at radius 2 is 1.78 bits per heavy atom. The van der Waals surface area contributed by atoms with Gasteiger partial charge in [-0.15, -0.1) is 6.42 Å². The Morgan fingerprint density at radius 1 is 1.00 bits per heavy atom. The number of phenolic OH excluding ortho intramolecular Hbond substituents is 1. The van der Waals surface area contributed by atoms with Crippen molar-refractivity contribution in [2.75, 3.05) is 68.8 Å². The van der Waals surface area contributed by atoms with Crippen molar-refractivity contribution in [3.8, 4) is 35.4 Å². The van der Waals surface area contributed by atoms with E-state index < -0.39 is 11.6 Å². The molecule has 4 unspecified atom stereocenters. The first kappa shape index (κ1) is 42.4. The molecule has 0 saturated carbocycles. The summed E-state index contributed by atoms with van der Waals surface area (Å²) in [6.45, 7) is 13.4. The van der Waals surface area contributed by atoms with E-state index in [1.165, 1.54) is 30.7 Å². The van der Waals surface area contributed by atoms with Crippen LogP contribution >= 0.6 is 0 Å². The van der Waals surface area contributed by atoms with E-state index in [0.717, 1.165) is 77.1 Å². The van der Waals surface area contributed by atoms with Gasteiger partial charge in [0.1, 0.15) is 41.1 Å². The minimum Gasteiger partial charge on any atom is -0.508 e. The molecule has 336 valence electrons. The smallest absolute Gasteiger partial charge is 0.319 e. The van der Waals surface area contributed by atoms with Crippen molar-refractivity contribution in [2.24, 2.45) is 17.8 Å². The lowest BCUT2D eigenvalue weighted by Crippen LogP contribution is -2.51. The van der Waals surface area contributed by atoms with E-state index in [2.05, 4.69) is 61.8 Å². The van der Waals surface area contributed by atoms with Crippen LogP contribution in [0.25, 0.3) is 32.9 Å². The summed E-state index contributed by atoms with van der Waals surface area (Å²) in [7, 11) is 0. The number of nitrogens with zero attached hydrogens (tertiary/aromatic N) is 8. The van der Waals surface area contributed by atoms with Gasteiger partial charge in [0, 0.05) is 80.6 Å². The molecular weight excluding hydrogens is 817 g/mol. The average molecular weight is 874 g/mol. The van der Waals surface area contributed by atoms with Crippen molar-refractivity contribution < 1.29 is 27.9 Å². The Labute approximate surface area is 372 Å². The molecule has 64 heavy (non-hydrogen) atoms. The zero-order chi connectivity index (χ0) is 44.2. The summed E-state index contributed by atoms with van der Waals surface area (Å²) in [5.41, 5.74) is 0.0633. The lowest BCUT2D eigenvalue weighted by atomic mass is 9.83. The molecule has 3 aromatic heterocycles. The number of carbonyl (C=O) groups excluding carboxylic acids is 1. The van der Waals surface area contributed by atoms with Gasteiger partial charge in [0.25, 0.3) is 0 Å². The Balaban J connectivity index is 0.781. The number of benzene rings is 2. The number of pyridine rings is 1. The summed E-state index contributed by atoms with van der Waals surface area (Å²) in [6, 6.07) is 8.50. The number of nitrogens with one attached hydrogen (secondary N) is 1. The number of aromatic hydroxyl groups is 1. The minimum absolute atomic E-state index is 0.0347. The summed E-state index contributed by atoms with van der Waals surface area (Å²) >= 11 is 0. The molecule has 5 aliphatic heterocycles. The molecule has 2 aromatic carbocycles. The number of piperidine rings is 1. The zero-order valence-corrected chi connectivity index (χ0v) is 36.9. The van der Waals surface area contributed by atoms with E-state index in [4.69, 9.17) is 20.7 Å². The van der Waals surface area contributed by atoms with E-state index in [9.17, 15) is 14.3 Å². The van der Waals surface area contributed by atoms with Crippen molar-refractivity contribution in [1.82, 2.24) is 35.2 Å². The number of piperazine rings is 1. The molecule has 8 heterocycles. The summed E-state index contributed by atoms with van der Waals surface area (Å²) in [4.78, 5) is 36.4. The van der Waals surface area contributed by atoms with Gasteiger partial charge < -0.3 is 34.4 Å². The van der Waals surface area contributed by atoms with Crippen molar-refractivity contribution >= 4 is 39.2 Å². The molecule has 2 bridgehead atoms. The summed E-state index contributed by atoms with van der Waals surface area (Å²) < 4.78 is 44.0. The number of aromatic nitrogens is 4. The number of ether oxygens (including phenoxy) is 1. The van der Waals surface area contributed by atoms with E-state index in [1.54, 1.807) is 6.20 Å². The van der Waals surface area contributed by atoms with Gasteiger partial charge in [0.2, 0.25) is 5.91 Å². The molecule has 4 atom stereocenters. The second-order valence-electron chi connectivity index (χ2n) is 19.2. The lowest BCUT2D eigenvalue weighted by Gasteiger charge is -2.42. The third kappa shape index (κ3) is 8.08. The highest BCUT2D eigenvalue weighted by Crippen LogP contribution is 2.40. The van der Waals surface area contributed by atoms with Crippen LogP contribution in [0, 0.1) is 41.7 Å². The van der Waals surface area contributed by atoms with E-state index in [1.807, 2.05) is 11.0 Å². The van der Waals surface area contributed by atoms with Gasteiger partial charge in [0.05, 0.1) is 10.9 Å². The van der Waals surface area contributed by atoms with Crippen LogP contribution < -0.4 is 19.9 Å². The van der Waals surface area contributed by atoms with Crippen LogP contribution in [-0.4, -0.2) is 118 Å². The summed E-state index contributed by atoms with van der Waals surface area (Å²) in [5.74, 6) is 4.18. The molecule has 0 radical (unpaired) electrons. The van der Waals surface area contributed by atoms with E-state index >= 15 is 4.39 Å². The molecule has 0 aliphatic carbocycles. The van der Waals surface area contributed by atoms with Crippen LogP contribution in [0.5, 0.6) is 11.8 Å². The number of likely N-dealkylation sites (tertiary alicyclic amines) is 2. The monoisotopic (exact) mass is 873 g/mol. The summed E-state index contributed by atoms with van der Waals surface area (Å²) in [5, 5.41) is 19.9. The maximum atomic E-state index is 17.0. The number of phenols is 1. The van der Waals surface area contributed by atoms with Crippen LogP contribution in [-0.2, 0) is 4.79 Å². The number of hydrogen-bond acceptors (Lipinski definition) is 12. The van der Waals surface area contributed by atoms with E-state index in [0.29, 0.717) is 72.5 Å². The van der Waals surface area contributed by atoms with Gasteiger partial charge in [-0.05, 0) is 106 Å². The molecule has 5 aliphatic rings. The number of hydrogen-bond donors (Lipinski definition) is 2. The van der Waals surface area contributed by atoms with Gasteiger partial charge in [-0.1, -0.05) is 31.0 Å². The standard InChI is InChI=1S/C49H57F2N9O4/c1-5-36-39(50)11-8-32-20-35(61)21-37(43(32)36)45-44(51)46-38(23-52-45)47(59-26-33-9-10-34(27-59)53-33)55-49(54-46)63-18-17-57-15-12-30(13-16-57)19-31-24-58(25-31)41-22-40(64-56-41)42(28(2)3)48(62)60-14-6-7-29(60)4/h1,8,11,20-23,28-31,33-34,42,53,61H,6-7,9-10,12-19,24-27H2,2-4H3. The molecule has 10 rings (SSSR count). The molecular formula is C49H57F2N9O4. The summed E-state index contributed by atoms with van der Waals surface area (Å²) in [6.07, 6.45) is 14.9. The van der Waals surface area contributed by atoms with Gasteiger partial charge >= 0.3 is 6.01 Å². The fourth-order valence-corrected chi connectivity index (χ4v) is 11.1. The molecule has 2 N–H and O–H groups in total. The Hall–Kier alpha value is -5.59. The average Bonchev–Trinajstić information content (AvgIpc) is 4.01. The van der Waals surface area contributed by atoms with E-state index in [-0.39, 0.29) is 63.3 Å². The fourth-order valence-electron chi connectivity index (χ4n) is 11.1. The highest BCUT2D eigenvalue weighted by molar-refractivity contribution is 6.03. The number of anilines is 2. The Bertz CT molecular complexity index is 2590. The molecule has 0 spiro atoms. The highest BCUT2D eigenvalue weighted by atomic mass is 19.1. The van der Waals surface area contributed by atoms with Crippen LogP contribution in [0.4, 0.5) is 20.4 Å². The minimum atomic E-state index is -0.732. The van der Waals surface area contributed by atoms with Crippen molar-refractivity contribution in [1.29, 1.82) is 0 Å². The SMILES string of the molecule is C#Cc1c(F)ccc2cc(O)cc(-c3ncc4c(N5CC6CCC(C5)N6)nc(OCCN5CCC(CC6CN(c7cc(C(C(=O)N8CCCC8C)C(C)C)on7)C6)CC5)nc4c3F)c12. The fraction of sp³-hybridized carbons (Fsp3) is 0.531. The first-order valence-electron chi connectivity index (χ1n) is 23.2. The number of halogens is 2. The number of fused-ring (bicyclic) bond motifs is 4.